The van der Waals surface area contributed by atoms with Gasteiger partial charge in [0.1, 0.15) is 11.3 Å². The van der Waals surface area contributed by atoms with Gasteiger partial charge < -0.3 is 23.3 Å². The number of anilines is 9. The molecular formula is C49H34F3N3O4S. The molecule has 1 aromatic heterocycles. The molecule has 11 heteroatoms. The van der Waals surface area contributed by atoms with Crippen molar-refractivity contribution in [2.24, 2.45) is 0 Å². The van der Waals surface area contributed by atoms with E-state index in [2.05, 4.69) is 4.90 Å². The van der Waals surface area contributed by atoms with E-state index in [9.17, 15) is 21.6 Å². The highest BCUT2D eigenvalue weighted by atomic mass is 32.2. The highest BCUT2D eigenvalue weighted by Crippen LogP contribution is 2.48. The van der Waals surface area contributed by atoms with Gasteiger partial charge in [-0.1, -0.05) is 97.1 Å². The second-order valence-electron chi connectivity index (χ2n) is 13.8. The normalized spacial score (nSPS) is 11.7. The minimum absolute atomic E-state index is 0.245. The number of furan rings is 1. The van der Waals surface area contributed by atoms with Crippen molar-refractivity contribution in [3.05, 3.63) is 206 Å². The third-order valence-corrected chi connectivity index (χ3v) is 10.9. The number of nitrogens with zero attached hydrogens (tertiary/aromatic N) is 3. The maximum atomic E-state index is 13.9. The van der Waals surface area contributed by atoms with Gasteiger partial charge in [0.15, 0.2) is 5.58 Å². The summed E-state index contributed by atoms with van der Waals surface area (Å²) in [5.41, 5.74) is 1.56. The maximum absolute atomic E-state index is 13.9. The molecule has 1 heterocycles. The van der Waals surface area contributed by atoms with Gasteiger partial charge >= 0.3 is 15.6 Å². The Balaban J connectivity index is 1.28. The van der Waals surface area contributed by atoms with Gasteiger partial charge in [0.25, 0.3) is 0 Å². The van der Waals surface area contributed by atoms with Crippen molar-refractivity contribution in [2.45, 2.75) is 5.51 Å². The first-order valence-corrected chi connectivity index (χ1v) is 20.3. The Morgan fingerprint density at radius 3 is 1.27 bits per heavy atom. The zero-order chi connectivity index (χ0) is 41.3. The van der Waals surface area contributed by atoms with E-state index in [4.69, 9.17) is 8.60 Å². The molecule has 9 aromatic rings. The van der Waals surface area contributed by atoms with Gasteiger partial charge in [0.05, 0.1) is 5.69 Å². The summed E-state index contributed by atoms with van der Waals surface area (Å²) in [7, 11) is -6.06. The fourth-order valence-corrected chi connectivity index (χ4v) is 7.77. The minimum atomic E-state index is -6.06. The fourth-order valence-electron chi connectivity index (χ4n) is 7.33. The molecule has 0 aliphatic heterocycles. The molecule has 0 fully saturated rings. The molecule has 9 rings (SSSR count). The van der Waals surface area contributed by atoms with Gasteiger partial charge in [-0.3, -0.25) is 0 Å². The van der Waals surface area contributed by atoms with Crippen molar-refractivity contribution >= 4 is 83.2 Å². The Labute approximate surface area is 344 Å². The van der Waals surface area contributed by atoms with Crippen LogP contribution in [0.4, 0.5) is 64.4 Å². The van der Waals surface area contributed by atoms with Crippen LogP contribution in [-0.4, -0.2) is 13.9 Å². The first kappa shape index (κ1) is 38.0. The monoisotopic (exact) mass is 817 g/mol. The van der Waals surface area contributed by atoms with Gasteiger partial charge in [-0.05, 0) is 103 Å². The Kier molecular flexibility index (Phi) is 9.95. The summed E-state index contributed by atoms with van der Waals surface area (Å²) < 4.78 is 78.6. The molecule has 0 aliphatic rings. The van der Waals surface area contributed by atoms with Crippen LogP contribution in [0.25, 0.3) is 21.9 Å². The lowest BCUT2D eigenvalue weighted by molar-refractivity contribution is -0.0500. The SMILES string of the molecule is O=S(=O)(Oc1cc(N(c2ccccc2)c2cccc(N(c3ccccc3)c3ccccc3)c2)c2oc3ccc(N(c4ccccc4)c4ccccc4)cc3c2c1)C(F)(F)F. The van der Waals surface area contributed by atoms with Gasteiger partial charge in [0, 0.05) is 62.3 Å². The molecule has 0 amide bonds. The van der Waals surface area contributed by atoms with Crippen LogP contribution in [-0.2, 0) is 10.1 Å². The number of para-hydroxylation sites is 5. The third-order valence-electron chi connectivity index (χ3n) is 9.91. The van der Waals surface area contributed by atoms with Gasteiger partial charge in [0.2, 0.25) is 0 Å². The molecule has 0 N–H and O–H groups in total. The Morgan fingerprint density at radius 1 is 0.417 bits per heavy atom. The molecular weight excluding hydrogens is 784 g/mol. The van der Waals surface area contributed by atoms with Crippen molar-refractivity contribution < 1.29 is 30.2 Å². The van der Waals surface area contributed by atoms with Crippen LogP contribution < -0.4 is 18.9 Å². The molecule has 0 spiro atoms. The van der Waals surface area contributed by atoms with Crippen LogP contribution in [0, 0.1) is 0 Å². The molecule has 296 valence electrons. The number of alkyl halides is 3. The summed E-state index contributed by atoms with van der Waals surface area (Å²) in [6.07, 6.45) is 0. The number of hydrogen-bond acceptors (Lipinski definition) is 7. The standard InChI is InChI=1S/C49H34F3N3O4S/c50-49(51,52)60(56,57)59-43-33-45-44-32-42(54(37-21-10-3-11-22-37)38-23-12-4-13-24-38)29-30-47(44)58-48(45)46(34-43)55(39-25-14-5-15-26-39)41-28-16-27-40(31-41)53(35-17-6-1-7-18-35)36-19-8-2-9-20-36/h1-34H. The van der Waals surface area contributed by atoms with E-state index >= 15 is 0 Å². The van der Waals surface area contributed by atoms with Gasteiger partial charge in [-0.2, -0.15) is 21.6 Å². The lowest BCUT2D eigenvalue weighted by Gasteiger charge is -2.29. The first-order chi connectivity index (χ1) is 29.1. The molecule has 0 radical (unpaired) electrons. The third kappa shape index (κ3) is 7.38. The highest BCUT2D eigenvalue weighted by molar-refractivity contribution is 7.88. The van der Waals surface area contributed by atoms with Crippen molar-refractivity contribution in [3.8, 4) is 5.75 Å². The van der Waals surface area contributed by atoms with E-state index in [1.807, 2.05) is 198 Å². The second kappa shape index (κ2) is 15.7. The number of fused-ring (bicyclic) bond motifs is 3. The van der Waals surface area contributed by atoms with Crippen molar-refractivity contribution in [1.29, 1.82) is 0 Å². The molecule has 0 bridgehead atoms. The number of hydrogen-bond donors (Lipinski definition) is 0. The second-order valence-corrected chi connectivity index (χ2v) is 15.3. The van der Waals surface area contributed by atoms with Crippen LogP contribution in [0.1, 0.15) is 0 Å². The van der Waals surface area contributed by atoms with Crippen molar-refractivity contribution in [2.75, 3.05) is 14.7 Å². The predicted octanol–water partition coefficient (Wildman–Crippen LogP) is 14.2. The molecule has 60 heavy (non-hydrogen) atoms. The largest absolute Gasteiger partial charge is 0.534 e. The minimum Gasteiger partial charge on any atom is -0.454 e. The summed E-state index contributed by atoms with van der Waals surface area (Å²) >= 11 is 0. The average Bonchev–Trinajstić information content (AvgIpc) is 3.63. The smallest absolute Gasteiger partial charge is 0.454 e. The van der Waals surface area contributed by atoms with Crippen LogP contribution in [0.3, 0.4) is 0 Å². The number of rotatable bonds is 11. The summed E-state index contributed by atoms with van der Waals surface area (Å²) in [4.78, 5) is 5.95. The lowest BCUT2D eigenvalue weighted by atomic mass is 10.1. The predicted molar refractivity (Wildman–Crippen MR) is 233 cm³/mol. The fraction of sp³-hybridized carbons (Fsp3) is 0.0204. The molecule has 0 saturated carbocycles. The van der Waals surface area contributed by atoms with Crippen LogP contribution in [0.2, 0.25) is 0 Å². The molecule has 8 aromatic carbocycles. The van der Waals surface area contributed by atoms with Gasteiger partial charge in [-0.15, -0.1) is 0 Å². The lowest BCUT2D eigenvalue weighted by Crippen LogP contribution is -2.28. The molecule has 0 atom stereocenters. The van der Waals surface area contributed by atoms with Crippen molar-refractivity contribution in [3.63, 3.8) is 0 Å². The van der Waals surface area contributed by atoms with Crippen LogP contribution >= 0.6 is 0 Å². The van der Waals surface area contributed by atoms with E-state index in [1.54, 1.807) is 6.07 Å². The van der Waals surface area contributed by atoms with Crippen LogP contribution in [0.5, 0.6) is 5.75 Å². The molecule has 0 aliphatic carbocycles. The number of benzene rings is 8. The Hall–Kier alpha value is -7.50. The van der Waals surface area contributed by atoms with Crippen LogP contribution in [0.15, 0.2) is 211 Å². The van der Waals surface area contributed by atoms with Crippen molar-refractivity contribution in [1.82, 2.24) is 0 Å². The Bertz CT molecular complexity index is 2950. The first-order valence-electron chi connectivity index (χ1n) is 18.9. The zero-order valence-electron chi connectivity index (χ0n) is 31.6. The molecule has 0 saturated heterocycles. The van der Waals surface area contributed by atoms with Gasteiger partial charge in [-0.25, -0.2) is 0 Å². The number of halogens is 3. The zero-order valence-corrected chi connectivity index (χ0v) is 32.5. The molecule has 0 unspecified atom stereocenters. The summed E-state index contributed by atoms with van der Waals surface area (Å²) in [6.45, 7) is 0. The Morgan fingerprint density at radius 2 is 0.817 bits per heavy atom. The average molecular weight is 818 g/mol. The van der Waals surface area contributed by atoms with E-state index in [-0.39, 0.29) is 5.69 Å². The van der Waals surface area contributed by atoms with E-state index in [1.165, 1.54) is 12.1 Å². The summed E-state index contributed by atoms with van der Waals surface area (Å²) in [6, 6.07) is 64.2. The summed E-state index contributed by atoms with van der Waals surface area (Å²) in [5.74, 6) is -0.543. The maximum Gasteiger partial charge on any atom is 0.534 e. The van der Waals surface area contributed by atoms with E-state index < -0.39 is 21.4 Å². The quantitative estimate of drug-likeness (QED) is 0.0951. The highest BCUT2D eigenvalue weighted by Gasteiger charge is 2.48. The van der Waals surface area contributed by atoms with E-state index in [0.29, 0.717) is 33.3 Å². The summed E-state index contributed by atoms with van der Waals surface area (Å²) in [5, 5.41) is 0.863. The topological polar surface area (TPSA) is 66.2 Å². The molecule has 7 nitrogen and oxygen atoms in total. The van der Waals surface area contributed by atoms with E-state index in [0.717, 1.165) is 34.1 Å².